The Balaban J connectivity index is 1.74. The Kier molecular flexibility index (Phi) is 4.76. The summed E-state index contributed by atoms with van der Waals surface area (Å²) < 4.78 is 1.33. The highest BCUT2D eigenvalue weighted by Crippen LogP contribution is 2.28. The molecule has 0 spiro atoms. The van der Waals surface area contributed by atoms with Gasteiger partial charge in [-0.15, -0.1) is 0 Å². The maximum absolute atomic E-state index is 12.5. The molecule has 0 fully saturated rings. The topological polar surface area (TPSA) is 63.1 Å². The zero-order valence-electron chi connectivity index (χ0n) is 14.9. The Morgan fingerprint density at radius 2 is 1.93 bits per heavy atom. The first-order valence-electron chi connectivity index (χ1n) is 8.45. The van der Waals surface area contributed by atoms with Crippen molar-refractivity contribution >= 4 is 29.0 Å². The molecule has 0 unspecified atom stereocenters. The molecule has 0 aliphatic rings. The minimum atomic E-state index is -0.296. The Hall–Kier alpha value is -2.57. The molecule has 2 aromatic heterocycles. The summed E-state index contributed by atoms with van der Waals surface area (Å²) in [5.41, 5.74) is 5.16. The van der Waals surface area contributed by atoms with Crippen LogP contribution < -0.4 is 5.69 Å². The van der Waals surface area contributed by atoms with E-state index in [2.05, 4.69) is 15.1 Å². The number of thioether (sulfide) groups is 1. The van der Waals surface area contributed by atoms with E-state index >= 15 is 0 Å². The van der Waals surface area contributed by atoms with Gasteiger partial charge in [0.1, 0.15) is 0 Å². The summed E-state index contributed by atoms with van der Waals surface area (Å²) in [4.78, 5) is 20.0. The molecule has 0 amide bonds. The number of aromatic nitrogens is 4. The lowest BCUT2D eigenvalue weighted by molar-refractivity contribution is 0.780. The predicted molar refractivity (Wildman–Crippen MR) is 110 cm³/mol. The standard InChI is InChI=1S/C20H17ClN4OS/c1-12-6-8-15(9-7-12)17-13(2)24-25-18(17)22-19(23-20(25)26)27-11-14-4-3-5-16(21)10-14/h3-10H,11H2,1-2H3,(H,22,23,26). The van der Waals surface area contributed by atoms with Crippen molar-refractivity contribution in [2.24, 2.45) is 0 Å². The first kappa shape index (κ1) is 17.8. The van der Waals surface area contributed by atoms with Gasteiger partial charge in [0.15, 0.2) is 10.8 Å². The summed E-state index contributed by atoms with van der Waals surface area (Å²) in [7, 11) is 0. The van der Waals surface area contributed by atoms with E-state index in [4.69, 9.17) is 11.6 Å². The lowest BCUT2D eigenvalue weighted by atomic mass is 10.0. The number of nitrogens with one attached hydrogen (secondary N) is 1. The second kappa shape index (κ2) is 7.21. The van der Waals surface area contributed by atoms with Crippen LogP contribution in [0.1, 0.15) is 16.8 Å². The smallest absolute Gasteiger partial charge is 0.285 e. The monoisotopic (exact) mass is 396 g/mol. The Morgan fingerprint density at radius 3 is 2.67 bits per heavy atom. The molecule has 0 aliphatic carbocycles. The summed E-state index contributed by atoms with van der Waals surface area (Å²) in [5, 5.41) is 5.62. The minimum absolute atomic E-state index is 0.296. The van der Waals surface area contributed by atoms with Crippen molar-refractivity contribution in [2.45, 2.75) is 24.8 Å². The Morgan fingerprint density at radius 1 is 1.15 bits per heavy atom. The van der Waals surface area contributed by atoms with E-state index in [-0.39, 0.29) is 5.69 Å². The highest BCUT2D eigenvalue weighted by molar-refractivity contribution is 7.98. The second-order valence-corrected chi connectivity index (χ2v) is 7.73. The largest absolute Gasteiger partial charge is 0.350 e. The third-order valence-corrected chi connectivity index (χ3v) is 5.43. The fourth-order valence-electron chi connectivity index (χ4n) is 2.93. The normalized spacial score (nSPS) is 11.2. The zero-order valence-corrected chi connectivity index (χ0v) is 16.4. The van der Waals surface area contributed by atoms with E-state index in [0.717, 1.165) is 22.4 Å². The third-order valence-electron chi connectivity index (χ3n) is 4.25. The number of aryl methyl sites for hydroxylation is 2. The lowest BCUT2D eigenvalue weighted by Gasteiger charge is -2.04. The van der Waals surface area contributed by atoms with E-state index in [1.807, 2.05) is 62.4 Å². The first-order valence-corrected chi connectivity index (χ1v) is 9.81. The molecule has 5 nitrogen and oxygen atoms in total. The summed E-state index contributed by atoms with van der Waals surface area (Å²) in [5.74, 6) is 0.659. The van der Waals surface area contributed by atoms with Gasteiger partial charge in [0.05, 0.1) is 5.69 Å². The van der Waals surface area contributed by atoms with Crippen LogP contribution in [-0.4, -0.2) is 19.6 Å². The van der Waals surface area contributed by atoms with Gasteiger partial charge in [0, 0.05) is 16.3 Å². The maximum Gasteiger partial charge on any atom is 0.350 e. The highest BCUT2D eigenvalue weighted by Gasteiger charge is 2.16. The molecule has 4 rings (SSSR count). The number of rotatable bonds is 4. The van der Waals surface area contributed by atoms with Gasteiger partial charge in [-0.1, -0.05) is 65.3 Å². The SMILES string of the molecule is Cc1ccc(-c2c(C)nn3c(=O)[nH]c(SCc4cccc(Cl)c4)nc23)cc1. The van der Waals surface area contributed by atoms with E-state index in [9.17, 15) is 4.79 Å². The van der Waals surface area contributed by atoms with Crippen LogP contribution in [0.2, 0.25) is 5.02 Å². The van der Waals surface area contributed by atoms with Crippen molar-refractivity contribution in [1.29, 1.82) is 0 Å². The van der Waals surface area contributed by atoms with Crippen LogP contribution in [-0.2, 0) is 5.75 Å². The van der Waals surface area contributed by atoms with Gasteiger partial charge in [-0.3, -0.25) is 4.98 Å². The number of benzene rings is 2. The van der Waals surface area contributed by atoms with E-state index in [0.29, 0.717) is 21.6 Å². The molecule has 136 valence electrons. The van der Waals surface area contributed by atoms with Crippen LogP contribution in [0.15, 0.2) is 58.5 Å². The third kappa shape index (κ3) is 3.63. The molecule has 0 bridgehead atoms. The second-order valence-electron chi connectivity index (χ2n) is 6.33. The fourth-order valence-corrected chi connectivity index (χ4v) is 3.94. The number of H-pyrrole nitrogens is 1. The molecule has 2 heterocycles. The van der Waals surface area contributed by atoms with Crippen molar-refractivity contribution < 1.29 is 0 Å². The molecule has 1 N–H and O–H groups in total. The molecule has 0 saturated heterocycles. The molecule has 27 heavy (non-hydrogen) atoms. The van der Waals surface area contributed by atoms with E-state index in [1.165, 1.54) is 21.8 Å². The summed E-state index contributed by atoms with van der Waals surface area (Å²) in [6.07, 6.45) is 0. The number of halogens is 1. The van der Waals surface area contributed by atoms with Crippen LogP contribution in [0.4, 0.5) is 0 Å². The van der Waals surface area contributed by atoms with Crippen molar-refractivity contribution in [1.82, 2.24) is 19.6 Å². The number of nitrogens with zero attached hydrogens (tertiary/aromatic N) is 3. The fraction of sp³-hybridized carbons (Fsp3) is 0.150. The average molecular weight is 397 g/mol. The van der Waals surface area contributed by atoms with Gasteiger partial charge in [0.2, 0.25) is 0 Å². The Labute approximate surface area is 165 Å². The van der Waals surface area contributed by atoms with E-state index in [1.54, 1.807) is 0 Å². The molecule has 0 aliphatic heterocycles. The molecule has 2 aromatic carbocycles. The molecular formula is C20H17ClN4OS. The summed E-state index contributed by atoms with van der Waals surface area (Å²) in [6.45, 7) is 3.93. The Bertz CT molecular complexity index is 1180. The minimum Gasteiger partial charge on any atom is -0.285 e. The average Bonchev–Trinajstić information content (AvgIpc) is 2.98. The van der Waals surface area contributed by atoms with Crippen LogP contribution >= 0.6 is 23.4 Å². The zero-order chi connectivity index (χ0) is 19.0. The quantitative estimate of drug-likeness (QED) is 0.510. The molecular weight excluding hydrogens is 380 g/mol. The lowest BCUT2D eigenvalue weighted by Crippen LogP contribution is -2.19. The molecule has 0 saturated carbocycles. The van der Waals surface area contributed by atoms with E-state index < -0.39 is 0 Å². The van der Waals surface area contributed by atoms with Gasteiger partial charge in [0.25, 0.3) is 0 Å². The van der Waals surface area contributed by atoms with Gasteiger partial charge in [-0.05, 0) is 37.1 Å². The highest BCUT2D eigenvalue weighted by atomic mass is 35.5. The van der Waals surface area contributed by atoms with Crippen molar-refractivity contribution in [3.8, 4) is 11.1 Å². The van der Waals surface area contributed by atoms with Gasteiger partial charge < -0.3 is 0 Å². The van der Waals surface area contributed by atoms with Crippen LogP contribution in [0.25, 0.3) is 16.8 Å². The van der Waals surface area contributed by atoms with Gasteiger partial charge in [-0.25, -0.2) is 9.78 Å². The van der Waals surface area contributed by atoms with Gasteiger partial charge in [-0.2, -0.15) is 9.61 Å². The van der Waals surface area contributed by atoms with Crippen molar-refractivity contribution in [2.75, 3.05) is 0 Å². The van der Waals surface area contributed by atoms with Gasteiger partial charge >= 0.3 is 5.69 Å². The number of aromatic amines is 1. The maximum atomic E-state index is 12.5. The number of fused-ring (bicyclic) bond motifs is 1. The van der Waals surface area contributed by atoms with Crippen molar-refractivity contribution in [3.63, 3.8) is 0 Å². The van der Waals surface area contributed by atoms with Crippen LogP contribution in [0.5, 0.6) is 0 Å². The van der Waals surface area contributed by atoms with Crippen LogP contribution in [0.3, 0.4) is 0 Å². The number of hydrogen-bond acceptors (Lipinski definition) is 4. The molecule has 0 radical (unpaired) electrons. The summed E-state index contributed by atoms with van der Waals surface area (Å²) >= 11 is 7.50. The predicted octanol–water partition coefficient (Wildman–Crippen LogP) is 4.65. The molecule has 7 heteroatoms. The first-order chi connectivity index (χ1) is 13.0. The van der Waals surface area contributed by atoms with Crippen LogP contribution in [0, 0.1) is 13.8 Å². The molecule has 4 aromatic rings. The molecule has 0 atom stereocenters. The number of hydrogen-bond donors (Lipinski definition) is 1. The van der Waals surface area contributed by atoms with Crippen molar-refractivity contribution in [3.05, 3.63) is 80.9 Å². The summed E-state index contributed by atoms with van der Waals surface area (Å²) in [6, 6.07) is 15.8.